The molecular weight excluding hydrogens is 244 g/mol. The van der Waals surface area contributed by atoms with E-state index in [-0.39, 0.29) is 0 Å². The van der Waals surface area contributed by atoms with Crippen LogP contribution in [0, 0.1) is 13.8 Å². The van der Waals surface area contributed by atoms with Gasteiger partial charge in [-0.05, 0) is 49.9 Å². The van der Waals surface area contributed by atoms with Gasteiger partial charge in [-0.3, -0.25) is 0 Å². The second kappa shape index (κ2) is 6.83. The number of aromatic nitrogens is 2. The standard InChI is InChI=1S/C18H28N2/c1-5-7-17-11-15(3)13-19(17)9-10-20-14-16(4)12-18(20)8-6-2/h11-14H,5-10H2,1-4H3. The van der Waals surface area contributed by atoms with Crippen LogP contribution >= 0.6 is 0 Å². The molecular formula is C18H28N2. The molecule has 0 saturated heterocycles. The van der Waals surface area contributed by atoms with E-state index < -0.39 is 0 Å². The van der Waals surface area contributed by atoms with Gasteiger partial charge in [-0.1, -0.05) is 26.7 Å². The lowest BCUT2D eigenvalue weighted by Gasteiger charge is -2.12. The minimum atomic E-state index is 1.08. The SMILES string of the molecule is CCCc1cc(C)cn1CCn1cc(C)cc1CCC. The van der Waals surface area contributed by atoms with Crippen LogP contribution in [-0.4, -0.2) is 9.13 Å². The van der Waals surface area contributed by atoms with E-state index in [4.69, 9.17) is 0 Å². The maximum Gasteiger partial charge on any atom is 0.0402 e. The molecule has 0 amide bonds. The lowest BCUT2D eigenvalue weighted by molar-refractivity contribution is 0.547. The molecule has 0 spiro atoms. The predicted molar refractivity (Wildman–Crippen MR) is 86.3 cm³/mol. The molecule has 2 heteroatoms. The van der Waals surface area contributed by atoms with Gasteiger partial charge in [0, 0.05) is 36.9 Å². The lowest BCUT2D eigenvalue weighted by Crippen LogP contribution is -2.10. The molecule has 0 aliphatic rings. The van der Waals surface area contributed by atoms with E-state index in [1.54, 1.807) is 0 Å². The van der Waals surface area contributed by atoms with Crippen LogP contribution in [0.25, 0.3) is 0 Å². The molecule has 0 aliphatic carbocycles. The second-order valence-electron chi connectivity index (χ2n) is 5.90. The van der Waals surface area contributed by atoms with E-state index in [1.165, 1.54) is 48.2 Å². The molecule has 0 radical (unpaired) electrons. The molecule has 0 N–H and O–H groups in total. The third kappa shape index (κ3) is 3.56. The van der Waals surface area contributed by atoms with Crippen molar-refractivity contribution in [3.63, 3.8) is 0 Å². The van der Waals surface area contributed by atoms with Crippen molar-refractivity contribution in [2.75, 3.05) is 0 Å². The highest BCUT2D eigenvalue weighted by Crippen LogP contribution is 2.13. The highest BCUT2D eigenvalue weighted by molar-refractivity contribution is 5.19. The van der Waals surface area contributed by atoms with Gasteiger partial charge in [0.15, 0.2) is 0 Å². The number of aryl methyl sites for hydroxylation is 6. The molecule has 0 saturated carbocycles. The zero-order valence-electron chi connectivity index (χ0n) is 13.4. The summed E-state index contributed by atoms with van der Waals surface area (Å²) in [5.41, 5.74) is 5.72. The largest absolute Gasteiger partial charge is 0.349 e. The van der Waals surface area contributed by atoms with Gasteiger partial charge in [-0.25, -0.2) is 0 Å². The van der Waals surface area contributed by atoms with Gasteiger partial charge in [-0.15, -0.1) is 0 Å². The minimum Gasteiger partial charge on any atom is -0.349 e. The van der Waals surface area contributed by atoms with Gasteiger partial charge < -0.3 is 9.13 Å². The van der Waals surface area contributed by atoms with Crippen molar-refractivity contribution in [1.29, 1.82) is 0 Å². The highest BCUT2D eigenvalue weighted by Gasteiger charge is 2.06. The summed E-state index contributed by atoms with van der Waals surface area (Å²) < 4.78 is 4.87. The molecule has 2 aromatic heterocycles. The summed E-state index contributed by atoms with van der Waals surface area (Å²) in [6.07, 6.45) is 9.38. The summed E-state index contributed by atoms with van der Waals surface area (Å²) in [6, 6.07) is 4.66. The monoisotopic (exact) mass is 272 g/mol. The van der Waals surface area contributed by atoms with Gasteiger partial charge >= 0.3 is 0 Å². The van der Waals surface area contributed by atoms with Crippen LogP contribution in [0.4, 0.5) is 0 Å². The van der Waals surface area contributed by atoms with Crippen molar-refractivity contribution < 1.29 is 0 Å². The van der Waals surface area contributed by atoms with Crippen LogP contribution in [0.1, 0.15) is 49.2 Å². The van der Waals surface area contributed by atoms with Crippen LogP contribution < -0.4 is 0 Å². The van der Waals surface area contributed by atoms with E-state index in [2.05, 4.69) is 61.4 Å². The Morgan fingerprint density at radius 1 is 0.750 bits per heavy atom. The third-order valence-corrected chi connectivity index (χ3v) is 3.84. The number of hydrogen-bond donors (Lipinski definition) is 0. The van der Waals surface area contributed by atoms with Gasteiger partial charge in [-0.2, -0.15) is 0 Å². The molecule has 20 heavy (non-hydrogen) atoms. The molecule has 0 atom stereocenters. The lowest BCUT2D eigenvalue weighted by atomic mass is 10.2. The molecule has 0 aliphatic heterocycles. The number of nitrogens with zero attached hydrogens (tertiary/aromatic N) is 2. The molecule has 2 rings (SSSR count). The minimum absolute atomic E-state index is 1.08. The number of rotatable bonds is 7. The average Bonchev–Trinajstić information content (AvgIpc) is 2.91. The molecule has 2 heterocycles. The zero-order chi connectivity index (χ0) is 14.5. The third-order valence-electron chi connectivity index (χ3n) is 3.84. The van der Waals surface area contributed by atoms with E-state index in [0.29, 0.717) is 0 Å². The number of hydrogen-bond acceptors (Lipinski definition) is 0. The van der Waals surface area contributed by atoms with E-state index in [1.807, 2.05) is 0 Å². The van der Waals surface area contributed by atoms with Gasteiger partial charge in [0.2, 0.25) is 0 Å². The predicted octanol–water partition coefficient (Wildman–Crippen LogP) is 4.51. The summed E-state index contributed by atoms with van der Waals surface area (Å²) in [6.45, 7) is 11.0. The van der Waals surface area contributed by atoms with Gasteiger partial charge in [0.05, 0.1) is 0 Å². The summed E-state index contributed by atoms with van der Waals surface area (Å²) in [4.78, 5) is 0. The first-order chi connectivity index (χ1) is 9.63. The Labute approximate surface area is 123 Å². The average molecular weight is 272 g/mol. The van der Waals surface area contributed by atoms with Crippen molar-refractivity contribution >= 4 is 0 Å². The molecule has 2 aromatic rings. The first-order valence-electron chi connectivity index (χ1n) is 7.95. The summed E-state index contributed by atoms with van der Waals surface area (Å²) >= 11 is 0. The van der Waals surface area contributed by atoms with Crippen LogP contribution in [0.3, 0.4) is 0 Å². The highest BCUT2D eigenvalue weighted by atomic mass is 15.0. The van der Waals surface area contributed by atoms with Crippen LogP contribution in [0.15, 0.2) is 24.5 Å². The van der Waals surface area contributed by atoms with Crippen LogP contribution in [0.2, 0.25) is 0 Å². The van der Waals surface area contributed by atoms with Crippen molar-refractivity contribution in [2.45, 2.75) is 66.5 Å². The fourth-order valence-corrected chi connectivity index (χ4v) is 3.00. The molecule has 0 fully saturated rings. The first kappa shape index (κ1) is 15.0. The Kier molecular flexibility index (Phi) is 5.11. The van der Waals surface area contributed by atoms with Crippen molar-refractivity contribution in [3.05, 3.63) is 47.0 Å². The van der Waals surface area contributed by atoms with Crippen LogP contribution in [-0.2, 0) is 25.9 Å². The second-order valence-corrected chi connectivity index (χ2v) is 5.90. The Morgan fingerprint density at radius 2 is 1.15 bits per heavy atom. The van der Waals surface area contributed by atoms with Crippen molar-refractivity contribution in [2.24, 2.45) is 0 Å². The zero-order valence-corrected chi connectivity index (χ0v) is 13.4. The smallest absolute Gasteiger partial charge is 0.0402 e. The van der Waals surface area contributed by atoms with Crippen LogP contribution in [0.5, 0.6) is 0 Å². The van der Waals surface area contributed by atoms with Gasteiger partial charge in [0.25, 0.3) is 0 Å². The van der Waals surface area contributed by atoms with E-state index in [0.717, 1.165) is 13.1 Å². The van der Waals surface area contributed by atoms with Crippen molar-refractivity contribution in [1.82, 2.24) is 9.13 Å². The topological polar surface area (TPSA) is 9.86 Å². The molecule has 0 bridgehead atoms. The maximum absolute atomic E-state index is 2.43. The Balaban J connectivity index is 2.08. The van der Waals surface area contributed by atoms with Gasteiger partial charge in [0.1, 0.15) is 0 Å². The molecule has 110 valence electrons. The first-order valence-corrected chi connectivity index (χ1v) is 7.95. The summed E-state index contributed by atoms with van der Waals surface area (Å²) in [5, 5.41) is 0. The van der Waals surface area contributed by atoms with Crippen molar-refractivity contribution in [3.8, 4) is 0 Å². The van der Waals surface area contributed by atoms with E-state index in [9.17, 15) is 0 Å². The van der Waals surface area contributed by atoms with E-state index >= 15 is 0 Å². The fraction of sp³-hybridized carbons (Fsp3) is 0.556. The molecule has 0 aromatic carbocycles. The Hall–Kier alpha value is -1.44. The summed E-state index contributed by atoms with van der Waals surface area (Å²) in [7, 11) is 0. The summed E-state index contributed by atoms with van der Waals surface area (Å²) in [5.74, 6) is 0. The Bertz CT molecular complexity index is 496. The quantitative estimate of drug-likeness (QED) is 0.702. The maximum atomic E-state index is 2.43. The Morgan fingerprint density at radius 3 is 1.50 bits per heavy atom. The normalized spacial score (nSPS) is 11.2. The fourth-order valence-electron chi connectivity index (χ4n) is 3.00. The molecule has 0 unspecified atom stereocenters. The molecule has 2 nitrogen and oxygen atoms in total.